The lowest BCUT2D eigenvalue weighted by molar-refractivity contribution is -0.141. The van der Waals surface area contributed by atoms with Crippen molar-refractivity contribution in [1.82, 2.24) is 4.57 Å². The topological polar surface area (TPSA) is 57.2 Å². The quantitative estimate of drug-likeness (QED) is 0.833. The average Bonchev–Trinajstić information content (AvgIpc) is 2.73. The molecule has 0 radical (unpaired) electrons. The van der Waals surface area contributed by atoms with Crippen LogP contribution in [0.2, 0.25) is 0 Å². The number of methoxy groups -OCH3 is 1. The fourth-order valence-electron chi connectivity index (χ4n) is 3.00. The molecule has 0 bridgehead atoms. The summed E-state index contributed by atoms with van der Waals surface area (Å²) in [4.78, 5) is 11.6. The number of carbonyl (C=O) groups excluding carboxylic acids is 1. The molecule has 4 heteroatoms. The zero-order valence-corrected chi connectivity index (χ0v) is 11.1. The fourth-order valence-corrected chi connectivity index (χ4v) is 3.00. The standard InChI is InChI=1S/C15H18N2O2/c1-19-15(18)9-17-13-5-3-2-4-11(13)12-8-10(16)6-7-14(12)17/h2-5,10H,6-9,16H2,1H3. The molecule has 2 N–H and O–H groups in total. The molecule has 0 spiro atoms. The van der Waals surface area contributed by atoms with Gasteiger partial charge < -0.3 is 15.0 Å². The van der Waals surface area contributed by atoms with Crippen molar-refractivity contribution in [3.05, 3.63) is 35.5 Å². The van der Waals surface area contributed by atoms with Crippen molar-refractivity contribution in [1.29, 1.82) is 0 Å². The van der Waals surface area contributed by atoms with Gasteiger partial charge in [-0.25, -0.2) is 0 Å². The number of hydrogen-bond donors (Lipinski definition) is 1. The van der Waals surface area contributed by atoms with Gasteiger partial charge in [-0.3, -0.25) is 4.79 Å². The monoisotopic (exact) mass is 258 g/mol. The van der Waals surface area contributed by atoms with Gasteiger partial charge in [-0.15, -0.1) is 0 Å². The fraction of sp³-hybridized carbons (Fsp3) is 0.400. The molecule has 0 fully saturated rings. The Bertz CT molecular complexity index is 630. The summed E-state index contributed by atoms with van der Waals surface area (Å²) in [6, 6.07) is 8.43. The second-order valence-corrected chi connectivity index (χ2v) is 5.11. The van der Waals surface area contributed by atoms with Crippen LogP contribution in [0.15, 0.2) is 24.3 Å². The first-order valence-corrected chi connectivity index (χ1v) is 6.62. The molecule has 3 rings (SSSR count). The molecule has 0 aliphatic heterocycles. The summed E-state index contributed by atoms with van der Waals surface area (Å²) >= 11 is 0. The largest absolute Gasteiger partial charge is 0.468 e. The van der Waals surface area contributed by atoms with E-state index in [0.717, 1.165) is 24.8 Å². The Balaban J connectivity index is 2.17. The minimum absolute atomic E-state index is 0.210. The van der Waals surface area contributed by atoms with Gasteiger partial charge >= 0.3 is 5.97 Å². The molecule has 1 aliphatic rings. The smallest absolute Gasteiger partial charge is 0.325 e. The van der Waals surface area contributed by atoms with E-state index in [0.29, 0.717) is 0 Å². The summed E-state index contributed by atoms with van der Waals surface area (Å²) in [6.07, 6.45) is 2.80. The zero-order chi connectivity index (χ0) is 13.4. The van der Waals surface area contributed by atoms with Crippen LogP contribution in [0.3, 0.4) is 0 Å². The molecular formula is C15H18N2O2. The first-order chi connectivity index (χ1) is 9.20. The van der Waals surface area contributed by atoms with E-state index >= 15 is 0 Å². The van der Waals surface area contributed by atoms with Gasteiger partial charge in [0, 0.05) is 22.6 Å². The number of nitrogens with two attached hydrogens (primary N) is 1. The number of aromatic nitrogens is 1. The first-order valence-electron chi connectivity index (χ1n) is 6.62. The summed E-state index contributed by atoms with van der Waals surface area (Å²) < 4.78 is 6.89. The predicted octanol–water partition coefficient (Wildman–Crippen LogP) is 1.63. The molecule has 1 atom stereocenters. The highest BCUT2D eigenvalue weighted by molar-refractivity contribution is 5.87. The van der Waals surface area contributed by atoms with Crippen molar-refractivity contribution in [3.8, 4) is 0 Å². The van der Waals surface area contributed by atoms with Crippen molar-refractivity contribution in [2.24, 2.45) is 5.73 Å². The van der Waals surface area contributed by atoms with E-state index in [1.54, 1.807) is 0 Å². The summed E-state index contributed by atoms with van der Waals surface area (Å²) in [5.74, 6) is -0.210. The van der Waals surface area contributed by atoms with Gasteiger partial charge in [0.05, 0.1) is 7.11 Å². The van der Waals surface area contributed by atoms with Crippen molar-refractivity contribution >= 4 is 16.9 Å². The normalized spacial score (nSPS) is 18.3. The van der Waals surface area contributed by atoms with Gasteiger partial charge in [0.2, 0.25) is 0 Å². The molecule has 0 saturated carbocycles. The van der Waals surface area contributed by atoms with Crippen LogP contribution in [-0.4, -0.2) is 23.7 Å². The molecule has 1 unspecified atom stereocenters. The molecule has 4 nitrogen and oxygen atoms in total. The molecule has 1 aromatic carbocycles. The van der Waals surface area contributed by atoms with Gasteiger partial charge in [-0.05, 0) is 30.9 Å². The Labute approximate surface area is 112 Å². The van der Waals surface area contributed by atoms with Crippen LogP contribution in [0, 0.1) is 0 Å². The molecule has 1 aliphatic carbocycles. The van der Waals surface area contributed by atoms with Gasteiger partial charge in [0.25, 0.3) is 0 Å². The Morgan fingerprint density at radius 2 is 2.26 bits per heavy atom. The number of hydrogen-bond acceptors (Lipinski definition) is 3. The molecule has 0 saturated heterocycles. The second-order valence-electron chi connectivity index (χ2n) is 5.11. The molecule has 1 heterocycles. The third-order valence-electron chi connectivity index (χ3n) is 3.93. The van der Waals surface area contributed by atoms with Crippen LogP contribution in [0.25, 0.3) is 10.9 Å². The third-order valence-corrected chi connectivity index (χ3v) is 3.93. The number of para-hydroxylation sites is 1. The van der Waals surface area contributed by atoms with E-state index in [1.165, 1.54) is 23.8 Å². The van der Waals surface area contributed by atoms with Crippen molar-refractivity contribution < 1.29 is 9.53 Å². The summed E-state index contributed by atoms with van der Waals surface area (Å²) in [7, 11) is 1.43. The molecule has 100 valence electrons. The maximum Gasteiger partial charge on any atom is 0.325 e. The molecular weight excluding hydrogens is 240 g/mol. The summed E-state index contributed by atoms with van der Waals surface area (Å²) in [5.41, 5.74) is 9.73. The first kappa shape index (κ1) is 12.2. The number of fused-ring (bicyclic) bond motifs is 3. The Morgan fingerprint density at radius 3 is 3.05 bits per heavy atom. The number of nitrogens with zero attached hydrogens (tertiary/aromatic N) is 1. The lowest BCUT2D eigenvalue weighted by Gasteiger charge is -2.20. The minimum Gasteiger partial charge on any atom is -0.468 e. The van der Waals surface area contributed by atoms with Crippen molar-refractivity contribution in [2.45, 2.75) is 31.8 Å². The van der Waals surface area contributed by atoms with E-state index < -0.39 is 0 Å². The Kier molecular flexibility index (Phi) is 3.03. The molecule has 0 amide bonds. The highest BCUT2D eigenvalue weighted by atomic mass is 16.5. The van der Waals surface area contributed by atoms with Gasteiger partial charge in [0.15, 0.2) is 0 Å². The molecule has 2 aromatic rings. The number of ether oxygens (including phenoxy) is 1. The average molecular weight is 258 g/mol. The van der Waals surface area contributed by atoms with Crippen LogP contribution in [0.4, 0.5) is 0 Å². The number of esters is 1. The Morgan fingerprint density at radius 1 is 1.47 bits per heavy atom. The van der Waals surface area contributed by atoms with Crippen LogP contribution in [0.5, 0.6) is 0 Å². The number of carbonyl (C=O) groups is 1. The maximum atomic E-state index is 11.6. The van der Waals surface area contributed by atoms with E-state index in [9.17, 15) is 4.79 Å². The van der Waals surface area contributed by atoms with E-state index in [2.05, 4.69) is 16.7 Å². The molecule has 1 aromatic heterocycles. The van der Waals surface area contributed by atoms with Crippen LogP contribution in [-0.2, 0) is 28.9 Å². The lowest BCUT2D eigenvalue weighted by atomic mass is 9.92. The van der Waals surface area contributed by atoms with E-state index in [-0.39, 0.29) is 18.6 Å². The zero-order valence-electron chi connectivity index (χ0n) is 11.1. The highest BCUT2D eigenvalue weighted by Crippen LogP contribution is 2.31. The van der Waals surface area contributed by atoms with Gasteiger partial charge in [0.1, 0.15) is 6.54 Å². The minimum atomic E-state index is -0.210. The van der Waals surface area contributed by atoms with E-state index in [4.69, 9.17) is 10.5 Å². The summed E-state index contributed by atoms with van der Waals surface area (Å²) in [6.45, 7) is 0.279. The third kappa shape index (κ3) is 2.02. The lowest BCUT2D eigenvalue weighted by Crippen LogP contribution is -2.28. The van der Waals surface area contributed by atoms with Crippen molar-refractivity contribution in [3.63, 3.8) is 0 Å². The van der Waals surface area contributed by atoms with Gasteiger partial charge in [-0.2, -0.15) is 0 Å². The van der Waals surface area contributed by atoms with Crippen molar-refractivity contribution in [2.75, 3.05) is 7.11 Å². The van der Waals surface area contributed by atoms with Crippen LogP contribution < -0.4 is 5.73 Å². The highest BCUT2D eigenvalue weighted by Gasteiger charge is 2.24. The Hall–Kier alpha value is -1.81. The van der Waals surface area contributed by atoms with Crippen LogP contribution >= 0.6 is 0 Å². The van der Waals surface area contributed by atoms with Crippen LogP contribution in [0.1, 0.15) is 17.7 Å². The van der Waals surface area contributed by atoms with E-state index in [1.807, 2.05) is 12.1 Å². The molecule has 19 heavy (non-hydrogen) atoms. The maximum absolute atomic E-state index is 11.6. The SMILES string of the molecule is COC(=O)Cn1c2c(c3ccccc31)CC(N)CC2. The number of rotatable bonds is 2. The number of benzene rings is 1. The summed E-state index contributed by atoms with van der Waals surface area (Å²) in [5, 5.41) is 1.22. The predicted molar refractivity (Wildman–Crippen MR) is 74.0 cm³/mol. The second kappa shape index (κ2) is 4.70. The van der Waals surface area contributed by atoms with Gasteiger partial charge in [-0.1, -0.05) is 18.2 Å².